The van der Waals surface area contributed by atoms with Crippen molar-refractivity contribution in [2.24, 2.45) is 0 Å². The van der Waals surface area contributed by atoms with E-state index in [-0.39, 0.29) is 6.54 Å². The number of carbonyl (C=O) groups excluding carboxylic acids is 2. The fourth-order valence-corrected chi connectivity index (χ4v) is 1.78. The molecule has 20 heavy (non-hydrogen) atoms. The molecule has 2 aromatic carbocycles. The second kappa shape index (κ2) is 6.56. The van der Waals surface area contributed by atoms with Crippen LogP contribution in [0.2, 0.25) is 0 Å². The van der Waals surface area contributed by atoms with Gasteiger partial charge in [-0.3, -0.25) is 9.59 Å². The SMILES string of the molecule is CNC(=O)C(=O)NCCOc1ccc2ccccc2c1. The zero-order chi connectivity index (χ0) is 14.4. The van der Waals surface area contributed by atoms with Crippen molar-refractivity contribution in [3.05, 3.63) is 42.5 Å². The standard InChI is InChI=1S/C15H16N2O3/c1-16-14(18)15(19)17-8-9-20-13-7-6-11-4-2-3-5-12(11)10-13/h2-7,10H,8-9H2,1H3,(H,16,18)(H,17,19). The van der Waals surface area contributed by atoms with Crippen LogP contribution in [0, 0.1) is 0 Å². The molecule has 0 saturated heterocycles. The van der Waals surface area contributed by atoms with Crippen LogP contribution in [0.1, 0.15) is 0 Å². The summed E-state index contributed by atoms with van der Waals surface area (Å²) in [5.74, 6) is -0.580. The summed E-state index contributed by atoms with van der Waals surface area (Å²) >= 11 is 0. The van der Waals surface area contributed by atoms with Crippen LogP contribution in [0.15, 0.2) is 42.5 Å². The Hall–Kier alpha value is -2.56. The van der Waals surface area contributed by atoms with Crippen molar-refractivity contribution in [2.45, 2.75) is 0 Å². The van der Waals surface area contributed by atoms with Gasteiger partial charge in [0.1, 0.15) is 12.4 Å². The van der Waals surface area contributed by atoms with Crippen LogP contribution in [0.25, 0.3) is 10.8 Å². The normalized spacial score (nSPS) is 10.1. The Morgan fingerprint density at radius 1 is 1.05 bits per heavy atom. The van der Waals surface area contributed by atoms with E-state index in [2.05, 4.69) is 10.6 Å². The maximum Gasteiger partial charge on any atom is 0.309 e. The number of rotatable bonds is 4. The molecule has 0 fully saturated rings. The summed E-state index contributed by atoms with van der Waals surface area (Å²) < 4.78 is 5.53. The number of likely N-dealkylation sites (N-methyl/N-ethyl adjacent to an activating group) is 1. The van der Waals surface area contributed by atoms with Gasteiger partial charge in [-0.1, -0.05) is 30.3 Å². The lowest BCUT2D eigenvalue weighted by molar-refractivity contribution is -0.138. The molecule has 2 amide bonds. The Kier molecular flexibility index (Phi) is 4.55. The van der Waals surface area contributed by atoms with Crippen molar-refractivity contribution in [1.29, 1.82) is 0 Å². The number of hydrogen-bond acceptors (Lipinski definition) is 3. The van der Waals surface area contributed by atoms with Crippen LogP contribution < -0.4 is 15.4 Å². The van der Waals surface area contributed by atoms with Gasteiger partial charge in [0.2, 0.25) is 0 Å². The summed E-state index contributed by atoms with van der Waals surface area (Å²) in [6, 6.07) is 13.8. The summed E-state index contributed by atoms with van der Waals surface area (Å²) in [5, 5.41) is 6.96. The first kappa shape index (κ1) is 13.9. The van der Waals surface area contributed by atoms with Crippen molar-refractivity contribution in [3.63, 3.8) is 0 Å². The maximum atomic E-state index is 11.2. The summed E-state index contributed by atoms with van der Waals surface area (Å²) in [6.45, 7) is 0.583. The van der Waals surface area contributed by atoms with E-state index in [4.69, 9.17) is 4.74 Å². The topological polar surface area (TPSA) is 67.4 Å². The Labute approximate surface area is 116 Å². The zero-order valence-electron chi connectivity index (χ0n) is 11.2. The molecule has 0 atom stereocenters. The highest BCUT2D eigenvalue weighted by Gasteiger charge is 2.09. The molecule has 0 aliphatic carbocycles. The van der Waals surface area contributed by atoms with Crippen LogP contribution >= 0.6 is 0 Å². The van der Waals surface area contributed by atoms with Crippen molar-refractivity contribution < 1.29 is 14.3 Å². The third-order valence-corrected chi connectivity index (χ3v) is 2.81. The van der Waals surface area contributed by atoms with Crippen molar-refractivity contribution in [3.8, 4) is 5.75 Å². The quantitative estimate of drug-likeness (QED) is 0.646. The van der Waals surface area contributed by atoms with Gasteiger partial charge in [0.15, 0.2) is 0 Å². The number of amides is 2. The zero-order valence-corrected chi connectivity index (χ0v) is 11.2. The van der Waals surface area contributed by atoms with Gasteiger partial charge in [0.05, 0.1) is 6.54 Å². The average molecular weight is 272 g/mol. The lowest BCUT2D eigenvalue weighted by atomic mass is 10.1. The first-order chi connectivity index (χ1) is 9.70. The maximum absolute atomic E-state index is 11.2. The number of carbonyl (C=O) groups is 2. The van der Waals surface area contributed by atoms with Crippen LogP contribution in [0.4, 0.5) is 0 Å². The lowest BCUT2D eigenvalue weighted by Gasteiger charge is -2.08. The molecule has 0 unspecified atom stereocenters. The molecule has 2 N–H and O–H groups in total. The molecule has 0 bridgehead atoms. The minimum atomic E-state index is -0.658. The fourth-order valence-electron chi connectivity index (χ4n) is 1.78. The number of ether oxygens (including phenoxy) is 1. The van der Waals surface area contributed by atoms with Gasteiger partial charge in [-0.15, -0.1) is 0 Å². The highest BCUT2D eigenvalue weighted by atomic mass is 16.5. The number of fused-ring (bicyclic) bond motifs is 1. The van der Waals surface area contributed by atoms with E-state index in [1.165, 1.54) is 7.05 Å². The monoisotopic (exact) mass is 272 g/mol. The molecular weight excluding hydrogens is 256 g/mol. The molecule has 0 spiro atoms. The number of hydrogen-bond donors (Lipinski definition) is 2. The predicted octanol–water partition coefficient (Wildman–Crippen LogP) is 1.08. The lowest BCUT2D eigenvalue weighted by Crippen LogP contribution is -2.39. The van der Waals surface area contributed by atoms with Gasteiger partial charge < -0.3 is 15.4 Å². The Balaban J connectivity index is 1.84. The molecule has 0 radical (unpaired) electrons. The van der Waals surface area contributed by atoms with E-state index < -0.39 is 11.8 Å². The molecule has 5 heteroatoms. The number of benzene rings is 2. The molecule has 0 saturated carbocycles. The molecule has 0 aromatic heterocycles. The van der Waals surface area contributed by atoms with E-state index in [9.17, 15) is 9.59 Å². The summed E-state index contributed by atoms with van der Waals surface area (Å²) in [6.07, 6.45) is 0. The van der Waals surface area contributed by atoms with Crippen LogP contribution in [0.5, 0.6) is 5.75 Å². The summed E-state index contributed by atoms with van der Waals surface area (Å²) in [7, 11) is 1.41. The van der Waals surface area contributed by atoms with Gasteiger partial charge >= 0.3 is 11.8 Å². The van der Waals surface area contributed by atoms with Crippen molar-refractivity contribution in [2.75, 3.05) is 20.2 Å². The molecule has 2 aromatic rings. The molecule has 5 nitrogen and oxygen atoms in total. The summed E-state index contributed by atoms with van der Waals surface area (Å²) in [4.78, 5) is 22.1. The Morgan fingerprint density at radius 2 is 1.80 bits per heavy atom. The van der Waals surface area contributed by atoms with Gasteiger partial charge in [0, 0.05) is 7.05 Å². The second-order valence-electron chi connectivity index (χ2n) is 4.19. The second-order valence-corrected chi connectivity index (χ2v) is 4.19. The summed E-state index contributed by atoms with van der Waals surface area (Å²) in [5.41, 5.74) is 0. The smallest absolute Gasteiger partial charge is 0.309 e. The average Bonchev–Trinajstić information content (AvgIpc) is 2.50. The molecule has 0 aliphatic heterocycles. The predicted molar refractivity (Wildman–Crippen MR) is 76.5 cm³/mol. The largest absolute Gasteiger partial charge is 0.492 e. The highest BCUT2D eigenvalue weighted by molar-refractivity contribution is 6.34. The van der Waals surface area contributed by atoms with Gasteiger partial charge in [-0.05, 0) is 22.9 Å². The van der Waals surface area contributed by atoms with Crippen LogP contribution in [-0.4, -0.2) is 32.0 Å². The van der Waals surface area contributed by atoms with E-state index >= 15 is 0 Å². The van der Waals surface area contributed by atoms with Crippen LogP contribution in [-0.2, 0) is 9.59 Å². The fraction of sp³-hybridized carbons (Fsp3) is 0.200. The van der Waals surface area contributed by atoms with Gasteiger partial charge in [0.25, 0.3) is 0 Å². The minimum Gasteiger partial charge on any atom is -0.492 e. The minimum absolute atomic E-state index is 0.277. The highest BCUT2D eigenvalue weighted by Crippen LogP contribution is 2.20. The molecule has 0 heterocycles. The van der Waals surface area contributed by atoms with Gasteiger partial charge in [-0.25, -0.2) is 0 Å². The molecule has 2 rings (SSSR count). The van der Waals surface area contributed by atoms with Crippen LogP contribution in [0.3, 0.4) is 0 Å². The third kappa shape index (κ3) is 3.47. The Bertz CT molecular complexity index is 625. The molecule has 104 valence electrons. The molecule has 0 aliphatic rings. The van der Waals surface area contributed by atoms with E-state index in [1.807, 2.05) is 42.5 Å². The van der Waals surface area contributed by atoms with E-state index in [1.54, 1.807) is 0 Å². The Morgan fingerprint density at radius 3 is 2.55 bits per heavy atom. The van der Waals surface area contributed by atoms with E-state index in [0.29, 0.717) is 6.61 Å². The van der Waals surface area contributed by atoms with Crippen molar-refractivity contribution in [1.82, 2.24) is 10.6 Å². The van der Waals surface area contributed by atoms with E-state index in [0.717, 1.165) is 16.5 Å². The first-order valence-electron chi connectivity index (χ1n) is 6.32. The third-order valence-electron chi connectivity index (χ3n) is 2.81. The van der Waals surface area contributed by atoms with Crippen molar-refractivity contribution >= 4 is 22.6 Å². The van der Waals surface area contributed by atoms with Gasteiger partial charge in [-0.2, -0.15) is 0 Å². The first-order valence-corrected chi connectivity index (χ1v) is 6.32. The number of nitrogens with one attached hydrogen (secondary N) is 2. The molecular formula is C15H16N2O3.